The van der Waals surface area contributed by atoms with E-state index in [-0.39, 0.29) is 29.4 Å². The van der Waals surface area contributed by atoms with Crippen molar-refractivity contribution in [1.82, 2.24) is 14.5 Å². The van der Waals surface area contributed by atoms with E-state index in [9.17, 15) is 27.2 Å². The lowest BCUT2D eigenvalue weighted by Gasteiger charge is -2.33. The summed E-state index contributed by atoms with van der Waals surface area (Å²) in [4.78, 5) is 39.2. The highest BCUT2D eigenvalue weighted by molar-refractivity contribution is 8.18. The van der Waals surface area contributed by atoms with Crippen LogP contribution in [0.15, 0.2) is 64.4 Å². The minimum atomic E-state index is -3.83. The lowest BCUT2D eigenvalue weighted by Crippen LogP contribution is -2.52. The monoisotopic (exact) mass is 517 g/mol. The molecule has 2 saturated heterocycles. The first-order valence-electron chi connectivity index (χ1n) is 11.1. The van der Waals surface area contributed by atoms with Crippen molar-refractivity contribution in [1.29, 1.82) is 0 Å². The van der Waals surface area contributed by atoms with Crippen molar-refractivity contribution in [2.24, 2.45) is 0 Å². The van der Waals surface area contributed by atoms with E-state index in [1.165, 1.54) is 46.8 Å². The Hall–Kier alpha value is -3.02. The van der Waals surface area contributed by atoms with Gasteiger partial charge in [-0.15, -0.1) is 0 Å². The fourth-order valence-electron chi connectivity index (χ4n) is 3.99. The highest BCUT2D eigenvalue weighted by Gasteiger charge is 2.38. The fourth-order valence-corrected chi connectivity index (χ4v) is 6.54. The van der Waals surface area contributed by atoms with Crippen molar-refractivity contribution in [2.75, 3.05) is 19.6 Å². The summed E-state index contributed by atoms with van der Waals surface area (Å²) in [5.41, 5.74) is 0.585. The van der Waals surface area contributed by atoms with Crippen LogP contribution in [0.2, 0.25) is 0 Å². The van der Waals surface area contributed by atoms with Crippen molar-refractivity contribution in [3.05, 3.63) is 70.9 Å². The summed E-state index contributed by atoms with van der Waals surface area (Å²) >= 11 is 0.774. The highest BCUT2D eigenvalue weighted by Crippen LogP contribution is 2.32. The highest BCUT2D eigenvalue weighted by atomic mass is 32.2. The van der Waals surface area contributed by atoms with Gasteiger partial charge in [0, 0.05) is 19.6 Å². The summed E-state index contributed by atoms with van der Waals surface area (Å²) in [5.74, 6) is -1.36. The average molecular weight is 518 g/mol. The molecule has 1 N–H and O–H groups in total. The summed E-state index contributed by atoms with van der Waals surface area (Å²) in [6, 6.07) is 12.7. The quantitative estimate of drug-likeness (QED) is 0.566. The Morgan fingerprint density at radius 1 is 1.09 bits per heavy atom. The lowest BCUT2D eigenvalue weighted by atomic mass is 10.0. The number of carbonyl (C=O) groups excluding carboxylic acids is 3. The molecule has 0 radical (unpaired) electrons. The number of benzene rings is 2. The van der Waals surface area contributed by atoms with Crippen molar-refractivity contribution >= 4 is 44.9 Å². The number of sulfonamides is 1. The van der Waals surface area contributed by atoms with Crippen molar-refractivity contribution < 1.29 is 27.2 Å². The average Bonchev–Trinajstić information content (AvgIpc) is 3.13. The molecule has 0 unspecified atom stereocenters. The Bertz CT molecular complexity index is 1250. The Labute approximate surface area is 207 Å². The summed E-state index contributed by atoms with van der Waals surface area (Å²) in [6.07, 6.45) is 3.28. The van der Waals surface area contributed by atoms with E-state index in [1.54, 1.807) is 18.2 Å². The number of imide groups is 1. The van der Waals surface area contributed by atoms with Crippen LogP contribution >= 0.6 is 11.8 Å². The van der Waals surface area contributed by atoms with Gasteiger partial charge in [0.2, 0.25) is 15.9 Å². The molecular weight excluding hydrogens is 493 g/mol. The van der Waals surface area contributed by atoms with E-state index >= 15 is 0 Å². The van der Waals surface area contributed by atoms with E-state index in [2.05, 4.69) is 5.32 Å². The second kappa shape index (κ2) is 10.7. The molecule has 0 bridgehead atoms. The molecule has 11 heteroatoms. The van der Waals surface area contributed by atoms with Gasteiger partial charge in [-0.1, -0.05) is 36.8 Å². The van der Waals surface area contributed by atoms with Gasteiger partial charge in [0.05, 0.1) is 9.80 Å². The third-order valence-electron chi connectivity index (χ3n) is 5.78. The maximum Gasteiger partial charge on any atom is 0.293 e. The van der Waals surface area contributed by atoms with Crippen LogP contribution in [-0.2, 0) is 19.6 Å². The van der Waals surface area contributed by atoms with E-state index in [0.717, 1.165) is 23.1 Å². The number of nitrogens with zero attached hydrogens (tertiary/aromatic N) is 2. The van der Waals surface area contributed by atoms with Crippen molar-refractivity contribution in [3.63, 3.8) is 0 Å². The predicted octanol–water partition coefficient (Wildman–Crippen LogP) is 3.22. The Morgan fingerprint density at radius 2 is 1.80 bits per heavy atom. The number of nitrogens with one attached hydrogen (secondary N) is 1. The zero-order valence-corrected chi connectivity index (χ0v) is 20.4. The fraction of sp³-hybridized carbons (Fsp3) is 0.292. The van der Waals surface area contributed by atoms with Gasteiger partial charge in [-0.2, -0.15) is 4.31 Å². The molecule has 2 aromatic carbocycles. The van der Waals surface area contributed by atoms with Crippen LogP contribution in [0.5, 0.6) is 0 Å². The molecule has 0 aliphatic carbocycles. The van der Waals surface area contributed by atoms with Crippen LogP contribution in [0.25, 0.3) is 6.08 Å². The zero-order chi connectivity index (χ0) is 25.0. The largest absolute Gasteiger partial charge is 0.353 e. The molecule has 1 atom stereocenters. The van der Waals surface area contributed by atoms with Crippen LogP contribution in [0.3, 0.4) is 0 Å². The third-order valence-corrected chi connectivity index (χ3v) is 8.61. The SMILES string of the molecule is O=C(NCCN1C(=O)S/C(=C\c2ccc(F)cc2)C1=O)[C@@H]1CCCCN1S(=O)(=O)c1ccccc1. The van der Waals surface area contributed by atoms with Gasteiger partial charge in [0.25, 0.3) is 11.1 Å². The van der Waals surface area contributed by atoms with Gasteiger partial charge in [0.1, 0.15) is 11.9 Å². The molecule has 2 aliphatic heterocycles. The number of rotatable bonds is 7. The van der Waals surface area contributed by atoms with Gasteiger partial charge in [-0.3, -0.25) is 19.3 Å². The van der Waals surface area contributed by atoms with E-state index in [4.69, 9.17) is 0 Å². The summed E-state index contributed by atoms with van der Waals surface area (Å²) < 4.78 is 40.5. The van der Waals surface area contributed by atoms with E-state index in [0.29, 0.717) is 18.4 Å². The third kappa shape index (κ3) is 5.63. The van der Waals surface area contributed by atoms with Crippen LogP contribution in [0.4, 0.5) is 9.18 Å². The second-order valence-corrected chi connectivity index (χ2v) is 11.0. The smallest absolute Gasteiger partial charge is 0.293 e. The number of hydrogen-bond donors (Lipinski definition) is 1. The van der Waals surface area contributed by atoms with Gasteiger partial charge < -0.3 is 5.32 Å². The Kier molecular flexibility index (Phi) is 7.68. The molecule has 0 aromatic heterocycles. The first-order valence-corrected chi connectivity index (χ1v) is 13.4. The van der Waals surface area contributed by atoms with Crippen LogP contribution < -0.4 is 5.32 Å². The van der Waals surface area contributed by atoms with Gasteiger partial charge in [-0.25, -0.2) is 12.8 Å². The van der Waals surface area contributed by atoms with Crippen molar-refractivity contribution in [3.8, 4) is 0 Å². The summed E-state index contributed by atoms with van der Waals surface area (Å²) in [5, 5.41) is 2.21. The molecule has 3 amide bonds. The molecular formula is C24H24FN3O5S2. The molecule has 4 rings (SSSR count). The molecule has 0 saturated carbocycles. The minimum absolute atomic E-state index is 0.00355. The maximum absolute atomic E-state index is 13.1. The zero-order valence-electron chi connectivity index (χ0n) is 18.7. The van der Waals surface area contributed by atoms with Gasteiger partial charge in [-0.05, 0) is 60.5 Å². The summed E-state index contributed by atoms with van der Waals surface area (Å²) in [7, 11) is -3.83. The van der Waals surface area contributed by atoms with E-state index in [1.807, 2.05) is 0 Å². The first kappa shape index (κ1) is 25.1. The number of thioether (sulfide) groups is 1. The lowest BCUT2D eigenvalue weighted by molar-refractivity contribution is -0.127. The number of halogens is 1. The van der Waals surface area contributed by atoms with Gasteiger partial charge >= 0.3 is 0 Å². The van der Waals surface area contributed by atoms with Crippen molar-refractivity contribution in [2.45, 2.75) is 30.2 Å². The predicted molar refractivity (Wildman–Crippen MR) is 130 cm³/mol. The standard InChI is InChI=1S/C24H24FN3O5S2/c25-18-11-9-17(10-12-18)16-21-23(30)27(24(31)34-21)15-13-26-22(29)20-8-4-5-14-28(20)35(32,33)19-6-2-1-3-7-19/h1-3,6-7,9-12,16,20H,4-5,8,13-15H2,(H,26,29)/b21-16-/t20-/m0/s1. The Balaban J connectivity index is 1.37. The molecule has 2 fully saturated rings. The minimum Gasteiger partial charge on any atom is -0.353 e. The molecule has 184 valence electrons. The van der Waals surface area contributed by atoms with E-state index < -0.39 is 38.9 Å². The molecule has 2 aromatic rings. The van der Waals surface area contributed by atoms with Gasteiger partial charge in [0.15, 0.2) is 0 Å². The van der Waals surface area contributed by atoms with Crippen LogP contribution in [0.1, 0.15) is 24.8 Å². The molecule has 8 nitrogen and oxygen atoms in total. The molecule has 2 heterocycles. The first-order chi connectivity index (χ1) is 16.8. The summed E-state index contributed by atoms with van der Waals surface area (Å²) in [6.45, 7) is 0.193. The molecule has 2 aliphatic rings. The second-order valence-electron chi connectivity index (χ2n) is 8.12. The van der Waals surface area contributed by atoms with Crippen LogP contribution in [0, 0.1) is 5.82 Å². The Morgan fingerprint density at radius 3 is 2.51 bits per heavy atom. The topological polar surface area (TPSA) is 104 Å². The normalized spacial score (nSPS) is 20.4. The molecule has 35 heavy (non-hydrogen) atoms. The number of hydrogen-bond acceptors (Lipinski definition) is 6. The molecule has 0 spiro atoms. The van der Waals surface area contributed by atoms with Crippen LogP contribution in [-0.4, -0.2) is 60.4 Å². The maximum atomic E-state index is 13.1. The number of piperidine rings is 1. The number of amides is 3. The number of carbonyl (C=O) groups is 3.